The van der Waals surface area contributed by atoms with Crippen molar-refractivity contribution in [2.45, 2.75) is 35.8 Å². The third-order valence-electron chi connectivity index (χ3n) is 4.16. The van der Waals surface area contributed by atoms with E-state index in [1.807, 2.05) is 11.6 Å². The number of nitrogens with zero attached hydrogens (tertiary/aromatic N) is 2. The zero-order valence-electron chi connectivity index (χ0n) is 16.8. The number of hydrogen-bond acceptors (Lipinski definition) is 7. The first kappa shape index (κ1) is 23.8. The molecule has 2 unspecified atom stereocenters. The molecule has 2 aromatic rings. The average Bonchev–Trinajstić information content (AvgIpc) is 3.15. The normalized spacial score (nSPS) is 13.1. The van der Waals surface area contributed by atoms with Crippen molar-refractivity contribution in [3.8, 4) is 17.6 Å². The Morgan fingerprint density at radius 3 is 2.63 bits per heavy atom. The van der Waals surface area contributed by atoms with Gasteiger partial charge in [-0.1, -0.05) is 12.8 Å². The molecule has 0 bridgehead atoms. The van der Waals surface area contributed by atoms with E-state index in [1.54, 1.807) is 26.2 Å². The van der Waals surface area contributed by atoms with Gasteiger partial charge in [0.15, 0.2) is 0 Å². The molecule has 1 heterocycles. The number of benzene rings is 1. The summed E-state index contributed by atoms with van der Waals surface area (Å²) in [7, 11) is -2.18. The number of sulfonamides is 1. The summed E-state index contributed by atoms with van der Waals surface area (Å²) in [6.07, 6.45) is 3.45. The van der Waals surface area contributed by atoms with Gasteiger partial charge in [0, 0.05) is 24.7 Å². The second-order valence-electron chi connectivity index (χ2n) is 6.23. The lowest BCUT2D eigenvalue weighted by atomic mass is 10.2. The fourth-order valence-corrected chi connectivity index (χ4v) is 4.85. The van der Waals surface area contributed by atoms with Crippen molar-refractivity contribution in [1.82, 2.24) is 19.8 Å². The van der Waals surface area contributed by atoms with E-state index in [0.29, 0.717) is 11.5 Å². The predicted molar refractivity (Wildman–Crippen MR) is 113 cm³/mol. The molecule has 11 heteroatoms. The van der Waals surface area contributed by atoms with Crippen LogP contribution in [0.5, 0.6) is 5.75 Å². The van der Waals surface area contributed by atoms with Crippen molar-refractivity contribution >= 4 is 27.7 Å². The molecule has 0 saturated heterocycles. The van der Waals surface area contributed by atoms with Crippen LogP contribution in [0.3, 0.4) is 0 Å². The van der Waals surface area contributed by atoms with E-state index in [-0.39, 0.29) is 11.5 Å². The summed E-state index contributed by atoms with van der Waals surface area (Å²) in [5, 5.41) is 8.58. The third kappa shape index (κ3) is 6.50. The lowest BCUT2D eigenvalue weighted by Gasteiger charge is -2.23. The fraction of sp³-hybridized carbons (Fsp3) is 0.368. The van der Waals surface area contributed by atoms with Gasteiger partial charge in [-0.3, -0.25) is 10.0 Å². The minimum atomic E-state index is -4.02. The van der Waals surface area contributed by atoms with Gasteiger partial charge in [-0.05, 0) is 31.2 Å². The van der Waals surface area contributed by atoms with E-state index in [4.69, 9.17) is 9.94 Å². The number of carbonyl (C=O) groups excluding carboxylic acids is 1. The first-order chi connectivity index (χ1) is 14.3. The average molecular weight is 453 g/mol. The standard InChI is InChI=1S/C19H24N4O5S2/c1-4-5-12-28-15-6-8-16(9-7-15)30(26,27)22-18(19(24)21-25)14(2)29-13-17-20-10-11-23(17)3/h6-11,14,18,22,25H,12-13H2,1-3H3,(H,21,24). The predicted octanol–water partition coefficient (Wildman–Crippen LogP) is 1.30. The van der Waals surface area contributed by atoms with E-state index < -0.39 is 27.2 Å². The second kappa shape index (κ2) is 11.0. The molecule has 0 fully saturated rings. The molecule has 0 aliphatic rings. The number of thioether (sulfide) groups is 1. The van der Waals surface area contributed by atoms with Crippen LogP contribution in [0.25, 0.3) is 0 Å². The van der Waals surface area contributed by atoms with E-state index >= 15 is 0 Å². The molecule has 0 saturated carbocycles. The SMILES string of the molecule is CC#CCOc1ccc(S(=O)(=O)NC(C(=O)NO)C(C)SCc2nccn2C)cc1. The number of hydrogen-bond donors (Lipinski definition) is 3. The van der Waals surface area contributed by atoms with Gasteiger partial charge in [0.1, 0.15) is 24.2 Å². The summed E-state index contributed by atoms with van der Waals surface area (Å²) in [4.78, 5) is 16.3. The monoisotopic (exact) mass is 452 g/mol. The molecular formula is C19H24N4O5S2. The topological polar surface area (TPSA) is 123 Å². The van der Waals surface area contributed by atoms with Gasteiger partial charge in [-0.25, -0.2) is 18.9 Å². The molecule has 1 amide bonds. The maximum Gasteiger partial charge on any atom is 0.262 e. The van der Waals surface area contributed by atoms with Gasteiger partial charge >= 0.3 is 0 Å². The number of nitrogens with one attached hydrogen (secondary N) is 2. The molecule has 1 aromatic heterocycles. The lowest BCUT2D eigenvalue weighted by Crippen LogP contribution is -2.50. The van der Waals surface area contributed by atoms with Crippen molar-refractivity contribution in [2.24, 2.45) is 7.05 Å². The van der Waals surface area contributed by atoms with Crippen molar-refractivity contribution < 1.29 is 23.2 Å². The highest BCUT2D eigenvalue weighted by molar-refractivity contribution is 7.99. The molecule has 2 rings (SSSR count). The smallest absolute Gasteiger partial charge is 0.262 e. The molecule has 162 valence electrons. The van der Waals surface area contributed by atoms with Crippen LogP contribution in [0.4, 0.5) is 0 Å². The highest BCUT2D eigenvalue weighted by Gasteiger charge is 2.31. The van der Waals surface area contributed by atoms with Crippen LogP contribution < -0.4 is 14.9 Å². The molecule has 0 radical (unpaired) electrons. The third-order valence-corrected chi connectivity index (χ3v) is 6.84. The van der Waals surface area contributed by atoms with Crippen LogP contribution >= 0.6 is 11.8 Å². The minimum absolute atomic E-state index is 0.0338. The van der Waals surface area contributed by atoms with Crippen molar-refractivity contribution in [2.75, 3.05) is 6.61 Å². The molecule has 0 aliphatic heterocycles. The number of aromatic nitrogens is 2. The zero-order valence-corrected chi connectivity index (χ0v) is 18.5. The Hall–Kier alpha value is -2.52. The summed E-state index contributed by atoms with van der Waals surface area (Å²) < 4.78 is 35.1. The maximum absolute atomic E-state index is 12.8. The number of hydroxylamine groups is 1. The number of aryl methyl sites for hydroxylation is 1. The first-order valence-corrected chi connectivity index (χ1v) is 11.5. The number of carbonyl (C=O) groups is 1. The molecule has 30 heavy (non-hydrogen) atoms. The van der Waals surface area contributed by atoms with E-state index in [1.165, 1.54) is 41.5 Å². The van der Waals surface area contributed by atoms with Gasteiger partial charge in [-0.15, -0.1) is 17.7 Å². The molecule has 0 spiro atoms. The lowest BCUT2D eigenvalue weighted by molar-refractivity contribution is -0.130. The first-order valence-electron chi connectivity index (χ1n) is 8.95. The largest absolute Gasteiger partial charge is 0.481 e. The Balaban J connectivity index is 2.10. The van der Waals surface area contributed by atoms with Gasteiger partial charge in [-0.2, -0.15) is 4.72 Å². The maximum atomic E-state index is 12.8. The Morgan fingerprint density at radius 1 is 1.37 bits per heavy atom. The van der Waals surface area contributed by atoms with Crippen LogP contribution in [0, 0.1) is 11.8 Å². The molecule has 1 aromatic carbocycles. The molecule has 9 nitrogen and oxygen atoms in total. The van der Waals surface area contributed by atoms with Crippen molar-refractivity contribution in [3.63, 3.8) is 0 Å². The van der Waals surface area contributed by atoms with Crippen LogP contribution in [0.15, 0.2) is 41.6 Å². The summed E-state index contributed by atoms with van der Waals surface area (Å²) in [6.45, 7) is 3.59. The molecule has 2 atom stereocenters. The zero-order chi connectivity index (χ0) is 22.1. The van der Waals surface area contributed by atoms with Gasteiger partial charge < -0.3 is 9.30 Å². The van der Waals surface area contributed by atoms with Crippen molar-refractivity contribution in [3.05, 3.63) is 42.5 Å². The Labute approximate surface area is 180 Å². The number of amides is 1. The Morgan fingerprint density at radius 2 is 2.07 bits per heavy atom. The van der Waals surface area contributed by atoms with E-state index in [2.05, 4.69) is 21.5 Å². The number of rotatable bonds is 10. The van der Waals surface area contributed by atoms with E-state index in [0.717, 1.165) is 5.82 Å². The minimum Gasteiger partial charge on any atom is -0.481 e. The Bertz CT molecular complexity index is 1010. The quantitative estimate of drug-likeness (QED) is 0.282. The summed E-state index contributed by atoms with van der Waals surface area (Å²) in [6, 6.07) is 4.56. The van der Waals surface area contributed by atoms with Crippen molar-refractivity contribution in [1.29, 1.82) is 0 Å². The molecule has 3 N–H and O–H groups in total. The summed E-state index contributed by atoms with van der Waals surface area (Å²) in [5.41, 5.74) is 1.53. The summed E-state index contributed by atoms with van der Waals surface area (Å²) in [5.74, 6) is 6.31. The van der Waals surface area contributed by atoms with Crippen LogP contribution in [0.1, 0.15) is 19.7 Å². The van der Waals surface area contributed by atoms with Crippen LogP contribution in [-0.4, -0.2) is 47.0 Å². The van der Waals surface area contributed by atoms with Crippen LogP contribution in [0.2, 0.25) is 0 Å². The molecular weight excluding hydrogens is 428 g/mol. The van der Waals surface area contributed by atoms with Gasteiger partial charge in [0.25, 0.3) is 5.91 Å². The fourth-order valence-electron chi connectivity index (χ4n) is 2.41. The highest BCUT2D eigenvalue weighted by Crippen LogP contribution is 2.22. The number of ether oxygens (including phenoxy) is 1. The van der Waals surface area contributed by atoms with Gasteiger partial charge in [0.2, 0.25) is 10.0 Å². The Kier molecular flexibility index (Phi) is 8.73. The van der Waals surface area contributed by atoms with E-state index in [9.17, 15) is 13.2 Å². The highest BCUT2D eigenvalue weighted by atomic mass is 32.2. The molecule has 0 aliphatic carbocycles. The second-order valence-corrected chi connectivity index (χ2v) is 9.31. The van der Waals surface area contributed by atoms with Crippen LogP contribution in [-0.2, 0) is 27.6 Å². The number of imidazole rings is 1. The summed E-state index contributed by atoms with van der Waals surface area (Å²) >= 11 is 1.33. The van der Waals surface area contributed by atoms with Gasteiger partial charge in [0.05, 0.1) is 10.6 Å².